The second-order valence-electron chi connectivity index (χ2n) is 4.40. The third-order valence-electron chi connectivity index (χ3n) is 3.14. The molecule has 0 aliphatic heterocycles. The molecule has 16 heavy (non-hydrogen) atoms. The van der Waals surface area contributed by atoms with Gasteiger partial charge in [-0.3, -0.25) is 0 Å². The van der Waals surface area contributed by atoms with Gasteiger partial charge in [-0.15, -0.1) is 0 Å². The minimum absolute atomic E-state index is 0.0128. The van der Waals surface area contributed by atoms with Crippen molar-refractivity contribution < 1.29 is 9.15 Å². The van der Waals surface area contributed by atoms with Gasteiger partial charge in [0, 0.05) is 6.61 Å². The summed E-state index contributed by atoms with van der Waals surface area (Å²) in [5.74, 6) is 1.56. The molecule has 0 saturated heterocycles. The Morgan fingerprint density at radius 1 is 1.56 bits per heavy atom. The summed E-state index contributed by atoms with van der Waals surface area (Å²) in [6.07, 6.45) is 3.74. The lowest BCUT2D eigenvalue weighted by Gasteiger charge is -2.36. The summed E-state index contributed by atoms with van der Waals surface area (Å²) in [5, 5.41) is 0. The molecule has 0 bridgehead atoms. The Morgan fingerprint density at radius 3 is 2.88 bits per heavy atom. The Labute approximate surface area is 104 Å². The highest BCUT2D eigenvalue weighted by Crippen LogP contribution is 2.36. The Kier molecular flexibility index (Phi) is 4.05. The van der Waals surface area contributed by atoms with Gasteiger partial charge >= 0.3 is 0 Å². The van der Waals surface area contributed by atoms with Gasteiger partial charge in [-0.1, -0.05) is 0 Å². The van der Waals surface area contributed by atoms with Crippen LogP contribution in [0.15, 0.2) is 21.2 Å². The van der Waals surface area contributed by atoms with Gasteiger partial charge in [0.05, 0.1) is 12.1 Å². The lowest BCUT2D eigenvalue weighted by molar-refractivity contribution is -0.0286. The van der Waals surface area contributed by atoms with Crippen LogP contribution in [0.1, 0.15) is 38.0 Å². The average molecular weight is 288 g/mol. The largest absolute Gasteiger partial charge is 0.453 e. The zero-order valence-electron chi connectivity index (χ0n) is 9.49. The summed E-state index contributed by atoms with van der Waals surface area (Å²) in [7, 11) is 0. The standard InChI is InChI=1S/C12H18BrNO2/c1-2-15-9-5-8(6-9)7-10(14)11-3-4-12(13)16-11/h3-4,8-10H,2,5-7,14H2,1H3. The van der Waals surface area contributed by atoms with Crippen LogP contribution in [0.25, 0.3) is 0 Å². The maximum atomic E-state index is 6.08. The molecule has 1 saturated carbocycles. The predicted molar refractivity (Wildman–Crippen MR) is 66.1 cm³/mol. The molecule has 1 atom stereocenters. The Bertz CT molecular complexity index is 334. The first-order chi connectivity index (χ1) is 7.69. The van der Waals surface area contributed by atoms with E-state index < -0.39 is 0 Å². The highest BCUT2D eigenvalue weighted by molar-refractivity contribution is 9.10. The smallest absolute Gasteiger partial charge is 0.169 e. The van der Waals surface area contributed by atoms with E-state index in [9.17, 15) is 0 Å². The van der Waals surface area contributed by atoms with E-state index in [4.69, 9.17) is 14.9 Å². The lowest BCUT2D eigenvalue weighted by atomic mass is 9.78. The zero-order valence-corrected chi connectivity index (χ0v) is 11.1. The predicted octanol–water partition coefficient (Wildman–Crippen LogP) is 3.25. The first-order valence-electron chi connectivity index (χ1n) is 5.81. The minimum Gasteiger partial charge on any atom is -0.453 e. The number of nitrogens with two attached hydrogens (primary N) is 1. The van der Waals surface area contributed by atoms with Gasteiger partial charge in [0.25, 0.3) is 0 Å². The molecule has 2 N–H and O–H groups in total. The van der Waals surface area contributed by atoms with Gasteiger partial charge in [0.1, 0.15) is 5.76 Å². The minimum atomic E-state index is 0.0128. The molecule has 0 amide bonds. The van der Waals surface area contributed by atoms with Crippen LogP contribution in [-0.4, -0.2) is 12.7 Å². The van der Waals surface area contributed by atoms with E-state index >= 15 is 0 Å². The molecule has 0 aromatic carbocycles. The van der Waals surface area contributed by atoms with Gasteiger partial charge in [0.2, 0.25) is 0 Å². The summed E-state index contributed by atoms with van der Waals surface area (Å²) in [6, 6.07) is 3.84. The molecule has 3 nitrogen and oxygen atoms in total. The molecule has 1 aliphatic carbocycles. The van der Waals surface area contributed by atoms with Crippen molar-refractivity contribution >= 4 is 15.9 Å². The molecule has 0 radical (unpaired) electrons. The van der Waals surface area contributed by atoms with Crippen LogP contribution >= 0.6 is 15.9 Å². The van der Waals surface area contributed by atoms with Gasteiger partial charge in [-0.05, 0) is 60.2 Å². The van der Waals surface area contributed by atoms with Gasteiger partial charge in [-0.25, -0.2) is 0 Å². The molecule has 90 valence electrons. The SMILES string of the molecule is CCOC1CC(CC(N)c2ccc(Br)o2)C1. The quantitative estimate of drug-likeness (QED) is 0.904. The molecule has 1 heterocycles. The fourth-order valence-corrected chi connectivity index (χ4v) is 2.56. The second-order valence-corrected chi connectivity index (χ2v) is 5.18. The van der Waals surface area contributed by atoms with Crippen molar-refractivity contribution in [3.63, 3.8) is 0 Å². The van der Waals surface area contributed by atoms with Crippen molar-refractivity contribution in [3.05, 3.63) is 22.6 Å². The van der Waals surface area contributed by atoms with E-state index in [-0.39, 0.29) is 6.04 Å². The zero-order chi connectivity index (χ0) is 11.5. The number of halogens is 1. The maximum Gasteiger partial charge on any atom is 0.169 e. The molecular weight excluding hydrogens is 270 g/mol. The van der Waals surface area contributed by atoms with E-state index in [0.29, 0.717) is 12.0 Å². The topological polar surface area (TPSA) is 48.4 Å². The van der Waals surface area contributed by atoms with Crippen LogP contribution in [0.5, 0.6) is 0 Å². The Balaban J connectivity index is 1.75. The van der Waals surface area contributed by atoms with Crippen molar-refractivity contribution in [2.75, 3.05) is 6.61 Å². The molecule has 2 rings (SSSR count). The number of hydrogen-bond acceptors (Lipinski definition) is 3. The molecule has 1 aromatic heterocycles. The summed E-state index contributed by atoms with van der Waals surface area (Å²) < 4.78 is 11.7. The van der Waals surface area contributed by atoms with Crippen molar-refractivity contribution in [1.29, 1.82) is 0 Å². The highest BCUT2D eigenvalue weighted by Gasteiger charge is 2.31. The van der Waals surface area contributed by atoms with Crippen LogP contribution < -0.4 is 5.73 Å². The monoisotopic (exact) mass is 287 g/mol. The van der Waals surface area contributed by atoms with Crippen molar-refractivity contribution in [1.82, 2.24) is 0 Å². The first kappa shape index (κ1) is 12.1. The molecule has 0 spiro atoms. The Morgan fingerprint density at radius 2 is 2.31 bits per heavy atom. The average Bonchev–Trinajstić information content (AvgIpc) is 2.61. The molecule has 4 heteroatoms. The van der Waals surface area contributed by atoms with Crippen molar-refractivity contribution in [2.24, 2.45) is 11.7 Å². The van der Waals surface area contributed by atoms with Crippen molar-refractivity contribution in [2.45, 2.75) is 38.3 Å². The van der Waals surface area contributed by atoms with Crippen molar-refractivity contribution in [3.8, 4) is 0 Å². The molecule has 1 aliphatic rings. The first-order valence-corrected chi connectivity index (χ1v) is 6.60. The third kappa shape index (κ3) is 2.87. The van der Waals surface area contributed by atoms with E-state index in [1.807, 2.05) is 19.1 Å². The van der Waals surface area contributed by atoms with Gasteiger partial charge in [0.15, 0.2) is 4.67 Å². The summed E-state index contributed by atoms with van der Waals surface area (Å²) in [4.78, 5) is 0. The fraction of sp³-hybridized carbons (Fsp3) is 0.667. The van der Waals surface area contributed by atoms with E-state index in [1.54, 1.807) is 0 Å². The van der Waals surface area contributed by atoms with Crippen LogP contribution in [0, 0.1) is 5.92 Å². The number of furan rings is 1. The molecule has 1 unspecified atom stereocenters. The Hall–Kier alpha value is -0.320. The fourth-order valence-electron chi connectivity index (χ4n) is 2.24. The van der Waals surface area contributed by atoms with Gasteiger partial charge < -0.3 is 14.9 Å². The molecule has 1 aromatic rings. The van der Waals surface area contributed by atoms with Crippen LogP contribution in [0.4, 0.5) is 0 Å². The highest BCUT2D eigenvalue weighted by atomic mass is 79.9. The summed E-state index contributed by atoms with van der Waals surface area (Å²) in [5.41, 5.74) is 6.08. The van der Waals surface area contributed by atoms with Crippen LogP contribution in [-0.2, 0) is 4.74 Å². The van der Waals surface area contributed by atoms with Crippen LogP contribution in [0.2, 0.25) is 0 Å². The lowest BCUT2D eigenvalue weighted by Crippen LogP contribution is -2.33. The summed E-state index contributed by atoms with van der Waals surface area (Å²) >= 11 is 3.29. The molecular formula is C12H18BrNO2. The summed E-state index contributed by atoms with van der Waals surface area (Å²) in [6.45, 7) is 2.86. The van der Waals surface area contributed by atoms with Crippen LogP contribution in [0.3, 0.4) is 0 Å². The van der Waals surface area contributed by atoms with Gasteiger partial charge in [-0.2, -0.15) is 0 Å². The number of rotatable bonds is 5. The molecule has 1 fully saturated rings. The van der Waals surface area contributed by atoms with E-state index in [2.05, 4.69) is 15.9 Å². The second kappa shape index (κ2) is 5.34. The maximum absolute atomic E-state index is 6.08. The number of hydrogen-bond donors (Lipinski definition) is 1. The third-order valence-corrected chi connectivity index (χ3v) is 3.57. The van der Waals surface area contributed by atoms with E-state index in [1.165, 1.54) is 0 Å². The number of ether oxygens (including phenoxy) is 1. The normalized spacial score (nSPS) is 26.4. The van der Waals surface area contributed by atoms with E-state index in [0.717, 1.165) is 36.3 Å².